The van der Waals surface area contributed by atoms with E-state index in [1.807, 2.05) is 25.0 Å². The average molecular weight is 449 g/mol. The summed E-state index contributed by atoms with van der Waals surface area (Å²) in [5, 5.41) is 11.0. The Labute approximate surface area is 165 Å². The molecular weight excluding hydrogens is 413 g/mol. The number of rotatable bonds is 11. The number of unbranched alkanes of at least 4 members (excludes halogenated alkanes) is 3. The maximum atomic E-state index is 4.27. The average Bonchev–Trinajstić information content (AvgIpc) is 2.93. The fraction of sp³-hybridized carbons (Fsp3) is 0.778. The van der Waals surface area contributed by atoms with Gasteiger partial charge in [0.05, 0.1) is 6.20 Å². The minimum Gasteiger partial charge on any atom is -0.356 e. The molecule has 2 N–H and O–H groups in total. The smallest absolute Gasteiger partial charge is 0.190 e. The van der Waals surface area contributed by atoms with Crippen molar-refractivity contribution in [2.45, 2.75) is 58.8 Å². The van der Waals surface area contributed by atoms with Gasteiger partial charge in [-0.2, -0.15) is 5.10 Å². The normalized spacial score (nSPS) is 11.5. The molecule has 0 aliphatic rings. The van der Waals surface area contributed by atoms with Crippen LogP contribution in [0.1, 0.15) is 57.9 Å². The summed E-state index contributed by atoms with van der Waals surface area (Å²) in [6.45, 7) is 6.53. The molecule has 0 fully saturated rings. The molecule has 1 rings (SSSR count). The minimum atomic E-state index is 0. The molecule has 0 unspecified atom stereocenters. The lowest BCUT2D eigenvalue weighted by atomic mass is 10.0. The van der Waals surface area contributed by atoms with Gasteiger partial charge in [0.1, 0.15) is 0 Å². The highest BCUT2D eigenvalue weighted by atomic mass is 127. The summed E-state index contributed by atoms with van der Waals surface area (Å²) in [6, 6.07) is 0. The summed E-state index contributed by atoms with van der Waals surface area (Å²) >= 11 is 0. The summed E-state index contributed by atoms with van der Waals surface area (Å²) in [5.74, 6) is 1.75. The van der Waals surface area contributed by atoms with Gasteiger partial charge in [0.2, 0.25) is 0 Å². The van der Waals surface area contributed by atoms with Crippen LogP contribution in [-0.4, -0.2) is 35.9 Å². The van der Waals surface area contributed by atoms with Gasteiger partial charge in [-0.05, 0) is 30.7 Å². The summed E-state index contributed by atoms with van der Waals surface area (Å²) in [6.07, 6.45) is 12.7. The Kier molecular flexibility index (Phi) is 14.1. The highest BCUT2D eigenvalue weighted by molar-refractivity contribution is 14.0. The van der Waals surface area contributed by atoms with Gasteiger partial charge >= 0.3 is 0 Å². The molecule has 0 aromatic carbocycles. The standard InChI is InChI=1S/C18H35N5.HI/c1-16(2)10-7-5-6-8-12-20-18(19-3)21-13-9-11-17-14-22-23(4)15-17;/h14-16H,5-13H2,1-4H3,(H2,19,20,21);1H. The van der Waals surface area contributed by atoms with Gasteiger partial charge < -0.3 is 10.6 Å². The SMILES string of the molecule is CN=C(NCCCCCCC(C)C)NCCCc1cnn(C)c1.I. The first-order valence-corrected chi connectivity index (χ1v) is 9.04. The van der Waals surface area contributed by atoms with Crippen LogP contribution in [-0.2, 0) is 13.5 Å². The predicted octanol–water partition coefficient (Wildman–Crippen LogP) is 3.74. The lowest BCUT2D eigenvalue weighted by Gasteiger charge is -2.11. The lowest BCUT2D eigenvalue weighted by molar-refractivity contribution is 0.518. The Morgan fingerprint density at radius 3 is 2.38 bits per heavy atom. The monoisotopic (exact) mass is 449 g/mol. The molecule has 0 atom stereocenters. The van der Waals surface area contributed by atoms with Crippen molar-refractivity contribution in [3.8, 4) is 0 Å². The predicted molar refractivity (Wildman–Crippen MR) is 114 cm³/mol. The highest BCUT2D eigenvalue weighted by Gasteiger charge is 1.99. The molecule has 0 aliphatic carbocycles. The van der Waals surface area contributed by atoms with Crippen molar-refractivity contribution in [2.24, 2.45) is 18.0 Å². The van der Waals surface area contributed by atoms with E-state index in [1.165, 1.54) is 37.7 Å². The fourth-order valence-electron chi connectivity index (χ4n) is 2.56. The van der Waals surface area contributed by atoms with Crippen LogP contribution in [0.2, 0.25) is 0 Å². The molecule has 6 heteroatoms. The number of aliphatic imine (C=N–C) groups is 1. The van der Waals surface area contributed by atoms with Gasteiger partial charge in [-0.1, -0.05) is 39.5 Å². The third-order valence-corrected chi connectivity index (χ3v) is 3.92. The van der Waals surface area contributed by atoms with E-state index in [1.54, 1.807) is 0 Å². The van der Waals surface area contributed by atoms with E-state index < -0.39 is 0 Å². The van der Waals surface area contributed by atoms with Crippen molar-refractivity contribution in [1.82, 2.24) is 20.4 Å². The van der Waals surface area contributed by atoms with Crippen molar-refractivity contribution in [3.63, 3.8) is 0 Å². The van der Waals surface area contributed by atoms with Crippen molar-refractivity contribution < 1.29 is 0 Å². The molecule has 0 radical (unpaired) electrons. The summed E-state index contributed by atoms with van der Waals surface area (Å²) in [4.78, 5) is 4.27. The van der Waals surface area contributed by atoms with Crippen molar-refractivity contribution in [2.75, 3.05) is 20.1 Å². The van der Waals surface area contributed by atoms with Crippen LogP contribution in [0.25, 0.3) is 0 Å². The van der Waals surface area contributed by atoms with Gasteiger partial charge in [-0.15, -0.1) is 24.0 Å². The molecule has 1 aromatic heterocycles. The van der Waals surface area contributed by atoms with Gasteiger partial charge in [0.25, 0.3) is 0 Å². The van der Waals surface area contributed by atoms with E-state index in [-0.39, 0.29) is 24.0 Å². The number of guanidine groups is 1. The second kappa shape index (κ2) is 14.5. The number of aromatic nitrogens is 2. The van der Waals surface area contributed by atoms with Crippen LogP contribution >= 0.6 is 24.0 Å². The molecular formula is C18H36IN5. The zero-order valence-corrected chi connectivity index (χ0v) is 18.2. The summed E-state index contributed by atoms with van der Waals surface area (Å²) in [5.41, 5.74) is 1.29. The Hall–Kier alpha value is -0.790. The van der Waals surface area contributed by atoms with Crippen molar-refractivity contribution in [3.05, 3.63) is 18.0 Å². The van der Waals surface area contributed by atoms with E-state index in [9.17, 15) is 0 Å². The number of nitrogens with zero attached hydrogens (tertiary/aromatic N) is 3. The molecule has 0 saturated carbocycles. The van der Waals surface area contributed by atoms with E-state index in [2.05, 4.69) is 40.8 Å². The Bertz CT molecular complexity index is 442. The molecule has 0 spiro atoms. The summed E-state index contributed by atoms with van der Waals surface area (Å²) in [7, 11) is 3.79. The van der Waals surface area contributed by atoms with Gasteiger partial charge in [-0.3, -0.25) is 9.67 Å². The largest absolute Gasteiger partial charge is 0.356 e. The zero-order chi connectivity index (χ0) is 16.9. The van der Waals surface area contributed by atoms with Crippen molar-refractivity contribution >= 4 is 29.9 Å². The van der Waals surface area contributed by atoms with Gasteiger partial charge in [-0.25, -0.2) is 0 Å². The van der Waals surface area contributed by atoms with Crippen LogP contribution in [0.3, 0.4) is 0 Å². The van der Waals surface area contributed by atoms with E-state index in [4.69, 9.17) is 0 Å². The first-order chi connectivity index (χ1) is 11.1. The van der Waals surface area contributed by atoms with E-state index >= 15 is 0 Å². The Morgan fingerprint density at radius 2 is 1.79 bits per heavy atom. The van der Waals surface area contributed by atoms with Gasteiger partial charge in [0, 0.05) is 33.4 Å². The minimum absolute atomic E-state index is 0. The molecule has 0 amide bonds. The van der Waals surface area contributed by atoms with Crippen LogP contribution in [0, 0.1) is 5.92 Å². The molecule has 0 bridgehead atoms. The van der Waals surface area contributed by atoms with Gasteiger partial charge in [0.15, 0.2) is 5.96 Å². The Balaban J connectivity index is 0.00000529. The van der Waals surface area contributed by atoms with Crippen LogP contribution in [0.4, 0.5) is 0 Å². The third kappa shape index (κ3) is 11.7. The number of aryl methyl sites for hydroxylation is 2. The highest BCUT2D eigenvalue weighted by Crippen LogP contribution is 2.08. The quantitative estimate of drug-likeness (QED) is 0.234. The van der Waals surface area contributed by atoms with E-state index in [0.717, 1.165) is 37.8 Å². The molecule has 24 heavy (non-hydrogen) atoms. The topological polar surface area (TPSA) is 54.2 Å². The van der Waals surface area contributed by atoms with Crippen LogP contribution in [0.5, 0.6) is 0 Å². The Morgan fingerprint density at radius 1 is 1.12 bits per heavy atom. The number of nitrogens with one attached hydrogen (secondary N) is 2. The maximum Gasteiger partial charge on any atom is 0.190 e. The van der Waals surface area contributed by atoms with E-state index in [0.29, 0.717) is 0 Å². The first kappa shape index (κ1) is 23.2. The molecule has 0 aliphatic heterocycles. The van der Waals surface area contributed by atoms with Crippen LogP contribution < -0.4 is 10.6 Å². The van der Waals surface area contributed by atoms with Crippen molar-refractivity contribution in [1.29, 1.82) is 0 Å². The molecule has 1 heterocycles. The lowest BCUT2D eigenvalue weighted by Crippen LogP contribution is -2.38. The number of halogens is 1. The zero-order valence-electron chi connectivity index (χ0n) is 15.8. The fourth-order valence-corrected chi connectivity index (χ4v) is 2.56. The second-order valence-electron chi connectivity index (χ2n) is 6.65. The number of hydrogen-bond donors (Lipinski definition) is 2. The molecule has 140 valence electrons. The molecule has 5 nitrogen and oxygen atoms in total. The van der Waals surface area contributed by atoms with Crippen LogP contribution in [0.15, 0.2) is 17.4 Å². The third-order valence-electron chi connectivity index (χ3n) is 3.92. The second-order valence-corrected chi connectivity index (χ2v) is 6.65. The molecule has 1 aromatic rings. The maximum absolute atomic E-state index is 4.27. The summed E-state index contributed by atoms with van der Waals surface area (Å²) < 4.78 is 1.85. The molecule has 0 saturated heterocycles. The number of hydrogen-bond acceptors (Lipinski definition) is 2. The first-order valence-electron chi connectivity index (χ1n) is 9.04.